The maximum Gasteiger partial charge on any atom is 0.313 e. The van der Waals surface area contributed by atoms with E-state index in [1.54, 1.807) is 0 Å². The molecule has 0 N–H and O–H groups in total. The molecule has 0 fully saturated rings. The topological polar surface area (TPSA) is 27.7 Å². The second-order valence-electron chi connectivity index (χ2n) is 8.79. The van der Waals surface area contributed by atoms with Crippen LogP contribution in [-0.2, 0) is 12.3 Å². The quantitative estimate of drug-likeness (QED) is 0.336. The van der Waals surface area contributed by atoms with Crippen molar-refractivity contribution in [3.63, 3.8) is 0 Å². The summed E-state index contributed by atoms with van der Waals surface area (Å²) in [7, 11) is -8.51. The Morgan fingerprint density at radius 1 is 0.516 bits per heavy atom. The lowest BCUT2D eigenvalue weighted by Crippen LogP contribution is -2.73. The molecule has 7 heteroatoms. The van der Waals surface area contributed by atoms with E-state index in [0.29, 0.717) is 0 Å². The third-order valence-electron chi connectivity index (χ3n) is 4.88. The monoisotopic (exact) mass is 481 g/mol. The molecule has 0 bridgehead atoms. The summed E-state index contributed by atoms with van der Waals surface area (Å²) in [6.07, 6.45) is 0. The van der Waals surface area contributed by atoms with Crippen LogP contribution >= 0.6 is 0 Å². The lowest BCUT2D eigenvalue weighted by molar-refractivity contribution is 0.339. The lowest BCUT2D eigenvalue weighted by atomic mass is 10.3. The summed E-state index contributed by atoms with van der Waals surface area (Å²) in [5, 5.41) is 3.69. The van der Waals surface area contributed by atoms with E-state index in [1.807, 2.05) is 0 Å². The van der Waals surface area contributed by atoms with Gasteiger partial charge in [0, 0.05) is 0 Å². The molecule has 31 heavy (non-hydrogen) atoms. The summed E-state index contributed by atoms with van der Waals surface area (Å²) in [6, 6.07) is 32.0. The van der Waals surface area contributed by atoms with Gasteiger partial charge in [-0.3, -0.25) is 0 Å². The molecule has 163 valence electrons. The van der Waals surface area contributed by atoms with Crippen molar-refractivity contribution >= 4 is 50.0 Å². The van der Waals surface area contributed by atoms with Crippen LogP contribution in [0.1, 0.15) is 0 Å². The molecule has 0 unspecified atom stereocenters. The lowest BCUT2D eigenvalue weighted by Gasteiger charge is -2.42. The van der Waals surface area contributed by atoms with Crippen LogP contribution in [0.4, 0.5) is 0 Å². The van der Waals surface area contributed by atoms with Gasteiger partial charge in [-0.1, -0.05) is 91.0 Å². The Bertz CT molecular complexity index is 852. The van der Waals surface area contributed by atoms with E-state index in [4.69, 9.17) is 12.3 Å². The van der Waals surface area contributed by atoms with Crippen molar-refractivity contribution in [2.45, 2.75) is 39.3 Å². The van der Waals surface area contributed by atoms with Gasteiger partial charge in [0.15, 0.2) is 9.04 Å². The average molecular weight is 482 g/mol. The molecule has 0 heterocycles. The summed E-state index contributed by atoms with van der Waals surface area (Å²) in [4.78, 5) is 0. The minimum absolute atomic E-state index is 0.847. The van der Waals surface area contributed by atoms with Gasteiger partial charge < -0.3 is 12.3 Å². The summed E-state index contributed by atoms with van der Waals surface area (Å²) in [5.41, 5.74) is 0. The Labute approximate surface area is 192 Å². The first-order valence-corrected chi connectivity index (χ1v) is 20.7. The summed E-state index contributed by atoms with van der Waals surface area (Å²) in [6.45, 7) is 12.9. The van der Waals surface area contributed by atoms with Crippen LogP contribution < -0.4 is 15.6 Å². The van der Waals surface area contributed by atoms with Crippen LogP contribution in [0.15, 0.2) is 91.0 Å². The Morgan fingerprint density at radius 3 is 1.19 bits per heavy atom. The van der Waals surface area contributed by atoms with Crippen LogP contribution in [0.3, 0.4) is 0 Å². The molecule has 3 aromatic carbocycles. The van der Waals surface area contributed by atoms with E-state index in [9.17, 15) is 0 Å². The predicted octanol–water partition coefficient (Wildman–Crippen LogP) is 4.36. The number of hydrogen-bond donors (Lipinski definition) is 0. The van der Waals surface area contributed by atoms with Crippen molar-refractivity contribution in [3.8, 4) is 0 Å². The molecular weight excluding hydrogens is 449 g/mol. The zero-order chi connectivity index (χ0) is 22.5. The van der Waals surface area contributed by atoms with Gasteiger partial charge in [-0.05, 0) is 54.8 Å². The van der Waals surface area contributed by atoms with Gasteiger partial charge >= 0.3 is 17.1 Å². The highest BCUT2D eigenvalue weighted by Crippen LogP contribution is 2.22. The van der Waals surface area contributed by atoms with E-state index < -0.39 is 34.5 Å². The maximum atomic E-state index is 7.32. The largest absolute Gasteiger partial charge is 0.437 e. The molecule has 0 spiro atoms. The Kier molecular flexibility index (Phi) is 7.69. The fraction of sp³-hybridized carbons (Fsp3) is 0.250. The Hall–Kier alpha value is -1.59. The fourth-order valence-corrected chi connectivity index (χ4v) is 21.3. The maximum absolute atomic E-state index is 7.32. The molecular formula is C24H33O3Si4. The van der Waals surface area contributed by atoms with Gasteiger partial charge in [0.2, 0.25) is 0 Å². The molecule has 3 rings (SSSR count). The Balaban J connectivity index is 2.16. The molecule has 0 atom stereocenters. The second-order valence-corrected chi connectivity index (χ2v) is 21.8. The summed E-state index contributed by atoms with van der Waals surface area (Å²) in [5.74, 6) is 0. The first-order chi connectivity index (χ1) is 14.6. The van der Waals surface area contributed by atoms with Gasteiger partial charge in [0.25, 0.3) is 8.32 Å². The molecule has 0 saturated carbocycles. The Morgan fingerprint density at radius 2 is 0.871 bits per heavy atom. The van der Waals surface area contributed by atoms with Gasteiger partial charge in [-0.2, -0.15) is 0 Å². The number of hydrogen-bond acceptors (Lipinski definition) is 3. The van der Waals surface area contributed by atoms with E-state index in [2.05, 4.69) is 130 Å². The van der Waals surface area contributed by atoms with Gasteiger partial charge in [0.1, 0.15) is 0 Å². The molecule has 0 aliphatic rings. The van der Waals surface area contributed by atoms with Crippen LogP contribution in [0, 0.1) is 0 Å². The summed E-state index contributed by atoms with van der Waals surface area (Å²) >= 11 is 0. The van der Waals surface area contributed by atoms with Crippen LogP contribution in [0.5, 0.6) is 0 Å². The highest BCUT2D eigenvalue weighted by molar-refractivity contribution is 7.10. The van der Waals surface area contributed by atoms with E-state index in [0.717, 1.165) is 0 Å². The van der Waals surface area contributed by atoms with E-state index in [1.165, 1.54) is 15.6 Å². The molecule has 3 nitrogen and oxygen atoms in total. The van der Waals surface area contributed by atoms with Gasteiger partial charge in [-0.25, -0.2) is 0 Å². The van der Waals surface area contributed by atoms with Gasteiger partial charge in [0.05, 0.1) is 0 Å². The van der Waals surface area contributed by atoms with Crippen molar-refractivity contribution < 1.29 is 12.3 Å². The molecule has 0 aromatic heterocycles. The normalized spacial score (nSPS) is 12.9. The van der Waals surface area contributed by atoms with E-state index in [-0.39, 0.29) is 0 Å². The third-order valence-corrected chi connectivity index (χ3v) is 19.0. The molecule has 0 saturated heterocycles. The zero-order valence-electron chi connectivity index (χ0n) is 19.4. The van der Waals surface area contributed by atoms with Crippen LogP contribution in [0.2, 0.25) is 39.3 Å². The fourth-order valence-electron chi connectivity index (χ4n) is 4.19. The van der Waals surface area contributed by atoms with Crippen LogP contribution in [-0.4, -0.2) is 34.5 Å². The van der Waals surface area contributed by atoms with Crippen molar-refractivity contribution in [2.24, 2.45) is 0 Å². The number of benzene rings is 3. The van der Waals surface area contributed by atoms with Crippen LogP contribution in [0.25, 0.3) is 0 Å². The average Bonchev–Trinajstić information content (AvgIpc) is 2.72. The second kappa shape index (κ2) is 9.91. The highest BCUT2D eigenvalue weighted by Gasteiger charge is 2.49. The molecule has 0 aliphatic carbocycles. The smallest absolute Gasteiger partial charge is 0.313 e. The molecule has 3 aromatic rings. The highest BCUT2D eigenvalue weighted by atomic mass is 28.5. The minimum atomic E-state index is -2.79. The predicted molar refractivity (Wildman–Crippen MR) is 140 cm³/mol. The first kappa shape index (κ1) is 24.1. The summed E-state index contributed by atoms with van der Waals surface area (Å²) < 4.78 is 20.4. The molecule has 0 aliphatic heterocycles. The zero-order valence-corrected chi connectivity index (χ0v) is 23.4. The SMILES string of the molecule is C[Si](C)O[Si](C)(C)O[Si](C)(C)O[Si](c1ccccc1)(c1ccccc1)c1ccccc1. The van der Waals surface area contributed by atoms with Crippen molar-refractivity contribution in [1.29, 1.82) is 0 Å². The molecule has 0 amide bonds. The van der Waals surface area contributed by atoms with E-state index >= 15 is 0 Å². The minimum Gasteiger partial charge on any atom is -0.437 e. The third kappa shape index (κ3) is 6.01. The van der Waals surface area contributed by atoms with Gasteiger partial charge in [-0.15, -0.1) is 0 Å². The number of rotatable bonds is 9. The van der Waals surface area contributed by atoms with Crippen molar-refractivity contribution in [2.75, 3.05) is 0 Å². The first-order valence-electron chi connectivity index (χ1n) is 10.7. The standard InChI is InChI=1S/C24H33O3Si4/c1-28(2)25-29(3,4)26-30(5,6)27-31(22-16-10-7-11-17-22,23-18-12-8-13-19-23)24-20-14-9-15-21-24/h7-21H,1-6H3. The van der Waals surface area contributed by atoms with Crippen molar-refractivity contribution in [1.82, 2.24) is 0 Å². The van der Waals surface area contributed by atoms with Crippen molar-refractivity contribution in [3.05, 3.63) is 91.0 Å². The molecule has 1 radical (unpaired) electrons.